The Morgan fingerprint density at radius 1 is 1.11 bits per heavy atom. The van der Waals surface area contributed by atoms with Crippen LogP contribution in [0.2, 0.25) is 0 Å². The zero-order valence-corrected chi connectivity index (χ0v) is 23.6. The normalized spacial score (nSPS) is 27.2. The van der Waals surface area contributed by atoms with Crippen molar-refractivity contribution in [2.75, 3.05) is 26.9 Å². The highest BCUT2D eigenvalue weighted by atomic mass is 16.7. The maximum absolute atomic E-state index is 11.3. The first-order valence-corrected chi connectivity index (χ1v) is 14.5. The van der Waals surface area contributed by atoms with Crippen molar-refractivity contribution in [3.05, 3.63) is 36.5 Å². The molecule has 3 fully saturated rings. The lowest BCUT2D eigenvalue weighted by Crippen LogP contribution is -2.37. The van der Waals surface area contributed by atoms with Gasteiger partial charge in [0.15, 0.2) is 12.1 Å². The van der Waals surface area contributed by atoms with E-state index in [0.29, 0.717) is 19.1 Å². The molecule has 0 amide bonds. The van der Waals surface area contributed by atoms with E-state index in [1.54, 1.807) is 6.08 Å². The lowest BCUT2D eigenvalue weighted by molar-refractivity contribution is -0.198. The summed E-state index contributed by atoms with van der Waals surface area (Å²) in [6.07, 6.45) is 23.7. The molecule has 0 aromatic heterocycles. The van der Waals surface area contributed by atoms with Crippen molar-refractivity contribution >= 4 is 5.97 Å². The van der Waals surface area contributed by atoms with E-state index in [2.05, 4.69) is 43.7 Å². The fraction of sp³-hybridized carbons (Fsp3) is 0.774. The number of carbonyl (C=O) groups excluding carboxylic acids is 1. The third-order valence-corrected chi connectivity index (χ3v) is 8.17. The zero-order chi connectivity index (χ0) is 26.6. The first-order valence-electron chi connectivity index (χ1n) is 14.5. The standard InChI is InChI=1S/C31H50O6/c1-5-6-12-20-30(2,3)27(37-29-16-11-13-22-34-29)18-17-25-19-21-31(35-23-24-36-31)26(25)14-9-7-8-10-15-28(32)33-4/h7-8,10,15,17-18,25-27,29H,5-6,9,11-14,16,19-24H2,1-4H3/b8-7?,15-10+,18-17+. The molecule has 4 unspecified atom stereocenters. The van der Waals surface area contributed by atoms with Crippen LogP contribution in [0, 0.1) is 17.3 Å². The summed E-state index contributed by atoms with van der Waals surface area (Å²) in [7, 11) is 1.38. The zero-order valence-electron chi connectivity index (χ0n) is 23.6. The summed E-state index contributed by atoms with van der Waals surface area (Å²) < 4.78 is 29.7. The van der Waals surface area contributed by atoms with E-state index in [4.69, 9.17) is 18.9 Å². The Kier molecular flexibility index (Phi) is 12.4. The van der Waals surface area contributed by atoms with E-state index in [1.807, 2.05) is 6.08 Å². The van der Waals surface area contributed by atoms with Gasteiger partial charge in [-0.15, -0.1) is 0 Å². The lowest BCUT2D eigenvalue weighted by atomic mass is 9.80. The van der Waals surface area contributed by atoms with Gasteiger partial charge in [-0.05, 0) is 56.3 Å². The fourth-order valence-electron chi connectivity index (χ4n) is 5.92. The second-order valence-corrected chi connectivity index (χ2v) is 11.4. The quantitative estimate of drug-likeness (QED) is 0.0820. The number of rotatable bonds is 14. The van der Waals surface area contributed by atoms with Crippen LogP contribution in [-0.2, 0) is 28.5 Å². The lowest BCUT2D eigenvalue weighted by Gasteiger charge is -2.37. The van der Waals surface area contributed by atoms with Crippen molar-refractivity contribution in [2.24, 2.45) is 17.3 Å². The van der Waals surface area contributed by atoms with Crippen molar-refractivity contribution in [2.45, 2.75) is 110 Å². The molecule has 0 aromatic carbocycles. The third-order valence-electron chi connectivity index (χ3n) is 8.17. The second-order valence-electron chi connectivity index (χ2n) is 11.4. The minimum atomic E-state index is -0.468. The van der Waals surface area contributed by atoms with Crippen LogP contribution in [0.1, 0.15) is 91.4 Å². The highest BCUT2D eigenvalue weighted by Crippen LogP contribution is 2.49. The van der Waals surface area contributed by atoms with Crippen LogP contribution >= 0.6 is 0 Å². The van der Waals surface area contributed by atoms with Gasteiger partial charge in [-0.2, -0.15) is 0 Å². The number of esters is 1. The predicted octanol–water partition coefficient (Wildman–Crippen LogP) is 6.90. The van der Waals surface area contributed by atoms with Crippen molar-refractivity contribution in [1.29, 1.82) is 0 Å². The molecule has 2 saturated heterocycles. The third kappa shape index (κ3) is 9.05. The Morgan fingerprint density at radius 3 is 2.62 bits per heavy atom. The first-order chi connectivity index (χ1) is 17.9. The van der Waals surface area contributed by atoms with Crippen LogP contribution in [0.3, 0.4) is 0 Å². The molecule has 0 bridgehead atoms. The summed E-state index contributed by atoms with van der Waals surface area (Å²) in [5, 5.41) is 0. The summed E-state index contributed by atoms with van der Waals surface area (Å²) in [4.78, 5) is 11.3. The molecular formula is C31H50O6. The van der Waals surface area contributed by atoms with Gasteiger partial charge in [0.25, 0.3) is 0 Å². The van der Waals surface area contributed by atoms with Crippen molar-refractivity contribution < 1.29 is 28.5 Å². The SMILES string of the molecule is CCCCCC(C)(C)C(/C=C/C1CCC2(OCCO2)C1CCC=C/C=C/C(=O)OC)OC1CCCCO1. The predicted molar refractivity (Wildman–Crippen MR) is 146 cm³/mol. The van der Waals surface area contributed by atoms with E-state index in [9.17, 15) is 4.79 Å². The molecule has 3 aliphatic rings. The Bertz CT molecular complexity index is 758. The highest BCUT2D eigenvalue weighted by molar-refractivity contribution is 5.82. The molecule has 0 radical (unpaired) electrons. The molecule has 1 aliphatic carbocycles. The van der Waals surface area contributed by atoms with Crippen LogP contribution in [0.15, 0.2) is 36.5 Å². The molecule has 210 valence electrons. The van der Waals surface area contributed by atoms with Gasteiger partial charge in [-0.3, -0.25) is 0 Å². The highest BCUT2D eigenvalue weighted by Gasteiger charge is 2.51. The molecule has 4 atom stereocenters. The molecule has 0 aromatic rings. The molecule has 6 heteroatoms. The number of hydrogen-bond acceptors (Lipinski definition) is 6. The van der Waals surface area contributed by atoms with Crippen LogP contribution in [0.25, 0.3) is 0 Å². The molecule has 1 spiro atoms. The van der Waals surface area contributed by atoms with Crippen LogP contribution < -0.4 is 0 Å². The van der Waals surface area contributed by atoms with Crippen molar-refractivity contribution in [3.8, 4) is 0 Å². The van der Waals surface area contributed by atoms with Crippen molar-refractivity contribution in [1.82, 2.24) is 0 Å². The van der Waals surface area contributed by atoms with E-state index in [0.717, 1.165) is 51.6 Å². The molecule has 6 nitrogen and oxygen atoms in total. The minimum Gasteiger partial charge on any atom is -0.466 e. The number of carbonyl (C=O) groups is 1. The van der Waals surface area contributed by atoms with Crippen LogP contribution in [0.4, 0.5) is 0 Å². The summed E-state index contributed by atoms with van der Waals surface area (Å²) in [5.41, 5.74) is 0.0351. The molecule has 2 heterocycles. The average Bonchev–Trinajstić information content (AvgIpc) is 3.51. The smallest absolute Gasteiger partial charge is 0.330 e. The van der Waals surface area contributed by atoms with Gasteiger partial charge in [-0.1, -0.05) is 70.4 Å². The topological polar surface area (TPSA) is 63.2 Å². The van der Waals surface area contributed by atoms with Gasteiger partial charge in [0.1, 0.15) is 0 Å². The van der Waals surface area contributed by atoms with E-state index in [1.165, 1.54) is 38.9 Å². The Hall–Kier alpha value is -1.47. The number of ether oxygens (including phenoxy) is 5. The summed E-state index contributed by atoms with van der Waals surface area (Å²) in [6, 6.07) is 0. The number of methoxy groups -OCH3 is 1. The van der Waals surface area contributed by atoms with Crippen LogP contribution in [0.5, 0.6) is 0 Å². The summed E-state index contributed by atoms with van der Waals surface area (Å²) >= 11 is 0. The Morgan fingerprint density at radius 2 is 1.92 bits per heavy atom. The molecule has 37 heavy (non-hydrogen) atoms. The van der Waals surface area contributed by atoms with Crippen molar-refractivity contribution in [3.63, 3.8) is 0 Å². The number of allylic oxidation sites excluding steroid dienone is 4. The minimum absolute atomic E-state index is 0.0124. The van der Waals surface area contributed by atoms with Gasteiger partial charge >= 0.3 is 5.97 Å². The molecule has 2 aliphatic heterocycles. The summed E-state index contributed by atoms with van der Waals surface area (Å²) in [6.45, 7) is 9.06. The first kappa shape index (κ1) is 30.1. The Balaban J connectivity index is 1.69. The molecule has 3 rings (SSSR count). The average molecular weight is 519 g/mol. The molecule has 0 N–H and O–H groups in total. The number of hydrogen-bond donors (Lipinski definition) is 0. The van der Waals surface area contributed by atoms with Gasteiger partial charge in [0, 0.05) is 25.0 Å². The van der Waals surface area contributed by atoms with E-state index in [-0.39, 0.29) is 29.7 Å². The van der Waals surface area contributed by atoms with Gasteiger partial charge < -0.3 is 23.7 Å². The summed E-state index contributed by atoms with van der Waals surface area (Å²) in [5.74, 6) is -0.146. The van der Waals surface area contributed by atoms with E-state index < -0.39 is 5.79 Å². The molecule has 1 saturated carbocycles. The number of unbranched alkanes of at least 4 members (excludes halogenated alkanes) is 2. The maximum Gasteiger partial charge on any atom is 0.330 e. The largest absolute Gasteiger partial charge is 0.466 e. The Labute approximate surface area is 224 Å². The fourth-order valence-corrected chi connectivity index (χ4v) is 5.92. The monoisotopic (exact) mass is 518 g/mol. The van der Waals surface area contributed by atoms with Crippen LogP contribution in [-0.4, -0.2) is 51.1 Å². The molecular weight excluding hydrogens is 468 g/mol. The van der Waals surface area contributed by atoms with Gasteiger partial charge in [0.2, 0.25) is 0 Å². The van der Waals surface area contributed by atoms with Gasteiger partial charge in [0.05, 0.1) is 26.4 Å². The van der Waals surface area contributed by atoms with E-state index >= 15 is 0 Å². The van der Waals surface area contributed by atoms with Gasteiger partial charge in [-0.25, -0.2) is 4.79 Å². The maximum atomic E-state index is 11.3. The second kappa shape index (κ2) is 15.2.